The molecule has 34 heavy (non-hydrogen) atoms. The Morgan fingerprint density at radius 1 is 0.824 bits per heavy atom. The van der Waals surface area contributed by atoms with Crippen LogP contribution in [0.2, 0.25) is 0 Å². The zero-order chi connectivity index (χ0) is 23.3. The fraction of sp³-hybridized carbons (Fsp3) is 0.214. The molecule has 1 aromatic heterocycles. The second-order valence-corrected chi connectivity index (χ2v) is 8.68. The Morgan fingerprint density at radius 2 is 1.56 bits per heavy atom. The van der Waals surface area contributed by atoms with Crippen LogP contribution in [0.15, 0.2) is 85.1 Å². The van der Waals surface area contributed by atoms with Gasteiger partial charge in [0.25, 0.3) is 5.91 Å². The van der Waals surface area contributed by atoms with Crippen LogP contribution in [0.5, 0.6) is 0 Å². The number of likely N-dealkylation sites (tertiary alicyclic amines) is 1. The van der Waals surface area contributed by atoms with Crippen molar-refractivity contribution in [3.63, 3.8) is 0 Å². The number of fused-ring (bicyclic) bond motifs is 1. The first-order valence-electron chi connectivity index (χ1n) is 11.7. The molecular formula is C28H28N4O2. The Bertz CT molecular complexity index is 1310. The van der Waals surface area contributed by atoms with Crippen LogP contribution >= 0.6 is 0 Å². The number of nitrogens with zero attached hydrogens (tertiary/aromatic N) is 2. The first-order valence-corrected chi connectivity index (χ1v) is 11.7. The molecule has 1 saturated heterocycles. The number of hydrogen-bond acceptors (Lipinski definition) is 2. The molecule has 0 aliphatic carbocycles. The smallest absolute Gasteiger partial charge is 0.321 e. The summed E-state index contributed by atoms with van der Waals surface area (Å²) in [5.74, 6) is -0.116. The summed E-state index contributed by atoms with van der Waals surface area (Å²) in [6.07, 6.45) is 4.04. The zero-order valence-electron chi connectivity index (χ0n) is 19.0. The van der Waals surface area contributed by atoms with Gasteiger partial charge in [0.15, 0.2) is 0 Å². The molecule has 3 amide bonds. The van der Waals surface area contributed by atoms with Crippen molar-refractivity contribution in [2.24, 2.45) is 0 Å². The Balaban J connectivity index is 1.28. The quantitative estimate of drug-likeness (QED) is 0.420. The van der Waals surface area contributed by atoms with Gasteiger partial charge in [0.05, 0.1) is 5.56 Å². The molecule has 0 spiro atoms. The van der Waals surface area contributed by atoms with Gasteiger partial charge in [-0.25, -0.2) is 4.79 Å². The van der Waals surface area contributed by atoms with Crippen LogP contribution in [0.4, 0.5) is 10.5 Å². The molecule has 0 radical (unpaired) electrons. The largest absolute Gasteiger partial charge is 0.348 e. The highest BCUT2D eigenvalue weighted by atomic mass is 16.2. The highest BCUT2D eigenvalue weighted by Crippen LogP contribution is 2.23. The lowest BCUT2D eigenvalue weighted by Crippen LogP contribution is -2.32. The van der Waals surface area contributed by atoms with Crippen molar-refractivity contribution in [3.8, 4) is 0 Å². The van der Waals surface area contributed by atoms with Crippen LogP contribution in [0, 0.1) is 0 Å². The van der Waals surface area contributed by atoms with Gasteiger partial charge in [-0.2, -0.15) is 0 Å². The number of benzene rings is 3. The second-order valence-electron chi connectivity index (χ2n) is 8.68. The average molecular weight is 453 g/mol. The van der Waals surface area contributed by atoms with E-state index in [-0.39, 0.29) is 11.9 Å². The molecule has 1 fully saturated rings. The van der Waals surface area contributed by atoms with E-state index in [0.717, 1.165) is 48.1 Å². The molecule has 6 nitrogen and oxygen atoms in total. The highest BCUT2D eigenvalue weighted by Gasteiger charge is 2.18. The Morgan fingerprint density at radius 3 is 2.38 bits per heavy atom. The molecule has 0 unspecified atom stereocenters. The van der Waals surface area contributed by atoms with E-state index in [1.165, 1.54) is 5.56 Å². The fourth-order valence-corrected chi connectivity index (χ4v) is 4.50. The number of carbonyl (C=O) groups is 2. The summed E-state index contributed by atoms with van der Waals surface area (Å²) in [6.45, 7) is 2.69. The number of anilines is 1. The summed E-state index contributed by atoms with van der Waals surface area (Å²) in [7, 11) is 0. The van der Waals surface area contributed by atoms with Gasteiger partial charge < -0.3 is 20.1 Å². The van der Waals surface area contributed by atoms with Crippen molar-refractivity contribution < 1.29 is 9.59 Å². The van der Waals surface area contributed by atoms with Crippen LogP contribution in [0.3, 0.4) is 0 Å². The first-order chi connectivity index (χ1) is 16.7. The van der Waals surface area contributed by atoms with E-state index >= 15 is 0 Å². The molecule has 3 aromatic carbocycles. The standard InChI is InChI=1S/C28H28N4O2/c33-27(29-18-22-11-8-12-23(17-22)30-28(34)31-15-6-7-16-31)25-20-32(19-21-9-2-1-3-10-21)26-14-5-4-13-24(25)26/h1-5,8-14,17,20H,6-7,15-16,18-19H2,(H,29,33)(H,30,34). The monoisotopic (exact) mass is 452 g/mol. The summed E-state index contributed by atoms with van der Waals surface area (Å²) in [6, 6.07) is 25.8. The molecule has 2 heterocycles. The lowest BCUT2D eigenvalue weighted by atomic mass is 10.1. The predicted octanol–water partition coefficient (Wildman–Crippen LogP) is 5.25. The maximum Gasteiger partial charge on any atom is 0.321 e. The van der Waals surface area contributed by atoms with E-state index < -0.39 is 0 Å². The summed E-state index contributed by atoms with van der Waals surface area (Å²) in [4.78, 5) is 27.3. The minimum atomic E-state index is -0.116. The Labute approximate surface area is 199 Å². The second kappa shape index (κ2) is 9.83. The molecule has 1 aliphatic rings. The number of amides is 3. The van der Waals surface area contributed by atoms with Crippen LogP contribution in [0.1, 0.15) is 34.3 Å². The number of para-hydroxylation sites is 1. The maximum absolute atomic E-state index is 13.1. The van der Waals surface area contributed by atoms with Gasteiger partial charge in [0.2, 0.25) is 0 Å². The highest BCUT2D eigenvalue weighted by molar-refractivity contribution is 6.07. The number of urea groups is 1. The van der Waals surface area contributed by atoms with E-state index in [0.29, 0.717) is 18.7 Å². The van der Waals surface area contributed by atoms with Crippen molar-refractivity contribution in [1.29, 1.82) is 0 Å². The van der Waals surface area contributed by atoms with Gasteiger partial charge in [0, 0.05) is 49.0 Å². The molecule has 172 valence electrons. The van der Waals surface area contributed by atoms with Crippen molar-refractivity contribution in [3.05, 3.63) is 102 Å². The van der Waals surface area contributed by atoms with Crippen molar-refractivity contribution in [1.82, 2.24) is 14.8 Å². The third-order valence-electron chi connectivity index (χ3n) is 6.25. The lowest BCUT2D eigenvalue weighted by molar-refractivity contribution is 0.0952. The van der Waals surface area contributed by atoms with E-state index in [9.17, 15) is 9.59 Å². The number of nitrogens with one attached hydrogen (secondary N) is 2. The average Bonchev–Trinajstić information content (AvgIpc) is 3.53. The molecule has 1 aliphatic heterocycles. The van der Waals surface area contributed by atoms with Gasteiger partial charge in [-0.15, -0.1) is 0 Å². The number of hydrogen-bond donors (Lipinski definition) is 2. The van der Waals surface area contributed by atoms with Gasteiger partial charge in [-0.05, 0) is 42.2 Å². The van der Waals surface area contributed by atoms with E-state index in [2.05, 4.69) is 27.3 Å². The van der Waals surface area contributed by atoms with Gasteiger partial charge in [0.1, 0.15) is 0 Å². The van der Waals surface area contributed by atoms with Gasteiger partial charge in [-0.3, -0.25) is 4.79 Å². The zero-order valence-corrected chi connectivity index (χ0v) is 19.0. The van der Waals surface area contributed by atoms with Crippen molar-refractivity contribution in [2.45, 2.75) is 25.9 Å². The third-order valence-corrected chi connectivity index (χ3v) is 6.25. The van der Waals surface area contributed by atoms with Crippen LogP contribution < -0.4 is 10.6 Å². The Kier molecular flexibility index (Phi) is 6.29. The minimum Gasteiger partial charge on any atom is -0.348 e. The van der Waals surface area contributed by atoms with Crippen LogP contribution in [-0.2, 0) is 13.1 Å². The minimum absolute atomic E-state index is 0.0649. The topological polar surface area (TPSA) is 66.4 Å². The SMILES string of the molecule is O=C(NCc1cccc(NC(=O)N2CCCC2)c1)c1cn(Cc2ccccc2)c2ccccc12. The van der Waals surface area contributed by atoms with Crippen LogP contribution in [0.25, 0.3) is 10.9 Å². The van der Waals surface area contributed by atoms with Gasteiger partial charge >= 0.3 is 6.03 Å². The summed E-state index contributed by atoms with van der Waals surface area (Å²) < 4.78 is 2.12. The van der Waals surface area contributed by atoms with E-state index in [4.69, 9.17) is 0 Å². The molecule has 0 atom stereocenters. The molecule has 2 N–H and O–H groups in total. The molecule has 5 rings (SSSR count). The van der Waals surface area contributed by atoms with Crippen molar-refractivity contribution in [2.75, 3.05) is 18.4 Å². The number of rotatable bonds is 6. The fourth-order valence-electron chi connectivity index (χ4n) is 4.50. The number of carbonyl (C=O) groups excluding carboxylic acids is 2. The maximum atomic E-state index is 13.1. The number of aromatic nitrogens is 1. The summed E-state index contributed by atoms with van der Waals surface area (Å²) >= 11 is 0. The molecule has 0 saturated carbocycles. The normalized spacial score (nSPS) is 13.2. The molecule has 0 bridgehead atoms. The molecular weight excluding hydrogens is 424 g/mol. The van der Waals surface area contributed by atoms with Crippen LogP contribution in [-0.4, -0.2) is 34.5 Å². The van der Waals surface area contributed by atoms with E-state index in [1.54, 1.807) is 0 Å². The summed E-state index contributed by atoms with van der Waals surface area (Å²) in [5, 5.41) is 6.94. The van der Waals surface area contributed by atoms with E-state index in [1.807, 2.05) is 77.8 Å². The lowest BCUT2D eigenvalue weighted by Gasteiger charge is -2.16. The predicted molar refractivity (Wildman–Crippen MR) is 135 cm³/mol. The molecule has 4 aromatic rings. The van der Waals surface area contributed by atoms with Crippen molar-refractivity contribution >= 4 is 28.5 Å². The molecule has 6 heteroatoms. The first kappa shape index (κ1) is 21.8. The third kappa shape index (κ3) is 4.81. The Hall–Kier alpha value is -4.06. The van der Waals surface area contributed by atoms with Gasteiger partial charge in [-0.1, -0.05) is 60.7 Å². The summed E-state index contributed by atoms with van der Waals surface area (Å²) in [5.41, 5.74) is 4.54.